The Bertz CT molecular complexity index is 4580. The smallest absolute Gasteiger partial charge is 0.235 e. The van der Waals surface area contributed by atoms with Crippen LogP contribution >= 0.6 is 0 Å². The Balaban J connectivity index is 1.03. The molecular formula is C69H43N5. The molecule has 0 amide bonds. The van der Waals surface area contributed by atoms with E-state index >= 15 is 0 Å². The van der Waals surface area contributed by atoms with Crippen molar-refractivity contribution in [3.63, 3.8) is 0 Å². The SMILES string of the molecule is c1ccc(-c2nc(-n3c4ccccc4c4ccc(N(c5cccc6c5-c5ccccc5C65c6ccccc6-c6ccccc65)c5cccc6c5c5ccccc5n6-c5ccccc5)cc43)nc3ccccc23)cc1. The van der Waals surface area contributed by atoms with Crippen LogP contribution in [-0.2, 0) is 5.41 Å². The molecule has 0 aliphatic heterocycles. The lowest BCUT2D eigenvalue weighted by molar-refractivity contribution is 0.794. The minimum atomic E-state index is -0.517. The van der Waals surface area contributed by atoms with E-state index in [1.807, 2.05) is 0 Å². The molecule has 74 heavy (non-hydrogen) atoms. The van der Waals surface area contributed by atoms with E-state index in [1.54, 1.807) is 0 Å². The third-order valence-electron chi connectivity index (χ3n) is 15.9. The Labute approximate surface area is 427 Å². The van der Waals surface area contributed by atoms with E-state index < -0.39 is 5.41 Å². The molecule has 5 nitrogen and oxygen atoms in total. The summed E-state index contributed by atoms with van der Waals surface area (Å²) < 4.78 is 4.69. The molecule has 2 aliphatic rings. The summed E-state index contributed by atoms with van der Waals surface area (Å²) in [6.45, 7) is 0. The number of hydrogen-bond donors (Lipinski definition) is 0. The standard InChI is InChI=1S/C69H43N5/c1-3-21-44(22-4-1)67-52-29-10-16-35-58(52)70-68(71-67)74-59-36-17-11-27-49(59)50-42-41-46(43-64(50)74)73(63-40-20-39-62-66(63)53-30-12-18-37-60(53)72(62)45-23-5-2-6-24-45)61-38-19-34-57-65(61)51-28-9-15-33-56(51)69(57)54-31-13-7-25-47(54)48-26-8-14-32-55(48)69/h1-43H. The van der Waals surface area contributed by atoms with Crippen molar-refractivity contribution in [3.8, 4) is 45.1 Å². The molecule has 1 spiro atoms. The highest BCUT2D eigenvalue weighted by Gasteiger charge is 2.52. The lowest BCUT2D eigenvalue weighted by Gasteiger charge is -2.32. The quantitative estimate of drug-likeness (QED) is 0.167. The van der Waals surface area contributed by atoms with E-state index in [2.05, 4.69) is 275 Å². The Hall–Kier alpha value is -9.84. The van der Waals surface area contributed by atoms with Crippen molar-refractivity contribution in [2.45, 2.75) is 5.41 Å². The molecule has 3 heterocycles. The van der Waals surface area contributed by atoms with Gasteiger partial charge >= 0.3 is 0 Å². The number of hydrogen-bond acceptors (Lipinski definition) is 3. The van der Waals surface area contributed by atoms with Crippen LogP contribution in [0.1, 0.15) is 22.3 Å². The number of fused-ring (bicyclic) bond motifs is 17. The number of rotatable bonds is 6. The van der Waals surface area contributed by atoms with Gasteiger partial charge in [0.2, 0.25) is 5.95 Å². The number of aromatic nitrogens is 4. The van der Waals surface area contributed by atoms with E-state index in [-0.39, 0.29) is 0 Å². The number of para-hydroxylation sites is 4. The summed E-state index contributed by atoms with van der Waals surface area (Å²) in [6, 6.07) is 95.3. The zero-order chi connectivity index (χ0) is 48.5. The number of benzene rings is 11. The van der Waals surface area contributed by atoms with E-state index in [0.717, 1.165) is 77.7 Å². The summed E-state index contributed by atoms with van der Waals surface area (Å²) in [5.41, 5.74) is 21.3. The molecule has 14 aromatic rings. The average molecular weight is 942 g/mol. The van der Waals surface area contributed by atoms with Gasteiger partial charge in [0.25, 0.3) is 0 Å². The summed E-state index contributed by atoms with van der Waals surface area (Å²) in [7, 11) is 0. The second-order valence-corrected chi connectivity index (χ2v) is 19.6. The molecule has 0 fully saturated rings. The summed E-state index contributed by atoms with van der Waals surface area (Å²) in [5.74, 6) is 0.625. The first-order chi connectivity index (χ1) is 36.8. The van der Waals surface area contributed by atoms with Crippen molar-refractivity contribution in [1.82, 2.24) is 19.1 Å². The minimum Gasteiger partial charge on any atom is -0.309 e. The summed E-state index contributed by atoms with van der Waals surface area (Å²) in [6.07, 6.45) is 0. The number of nitrogens with zero attached hydrogens (tertiary/aromatic N) is 5. The fourth-order valence-corrected chi connectivity index (χ4v) is 13.1. The first kappa shape index (κ1) is 40.8. The van der Waals surface area contributed by atoms with Crippen LogP contribution in [0.3, 0.4) is 0 Å². The maximum atomic E-state index is 5.50. The van der Waals surface area contributed by atoms with Gasteiger partial charge in [-0.05, 0) is 99.6 Å². The monoisotopic (exact) mass is 941 g/mol. The van der Waals surface area contributed by atoms with Crippen LogP contribution in [-0.4, -0.2) is 19.1 Å². The molecule has 5 heteroatoms. The van der Waals surface area contributed by atoms with Crippen LogP contribution in [0.5, 0.6) is 0 Å². The molecule has 0 N–H and O–H groups in total. The van der Waals surface area contributed by atoms with Gasteiger partial charge in [-0.25, -0.2) is 9.97 Å². The van der Waals surface area contributed by atoms with Gasteiger partial charge in [0, 0.05) is 49.4 Å². The molecule has 2 aliphatic carbocycles. The Kier molecular flexibility index (Phi) is 8.60. The lowest BCUT2D eigenvalue weighted by Crippen LogP contribution is -2.26. The van der Waals surface area contributed by atoms with Crippen molar-refractivity contribution >= 4 is 71.6 Å². The molecule has 0 atom stereocenters. The van der Waals surface area contributed by atoms with Gasteiger partial charge in [-0.2, -0.15) is 0 Å². The molecule has 344 valence electrons. The fourth-order valence-electron chi connectivity index (χ4n) is 13.1. The molecule has 0 unspecified atom stereocenters. The average Bonchev–Trinajstić information content (AvgIpc) is 4.23. The Morgan fingerprint density at radius 1 is 0.351 bits per heavy atom. The van der Waals surface area contributed by atoms with Gasteiger partial charge in [0.1, 0.15) is 0 Å². The predicted molar refractivity (Wildman–Crippen MR) is 305 cm³/mol. The van der Waals surface area contributed by atoms with Gasteiger partial charge < -0.3 is 9.47 Å². The molecule has 0 saturated heterocycles. The third kappa shape index (κ3) is 5.52. The topological polar surface area (TPSA) is 38.9 Å². The van der Waals surface area contributed by atoms with Crippen LogP contribution in [0, 0.1) is 0 Å². The van der Waals surface area contributed by atoms with E-state index in [1.165, 1.54) is 55.3 Å². The second-order valence-electron chi connectivity index (χ2n) is 19.6. The van der Waals surface area contributed by atoms with Crippen LogP contribution < -0.4 is 4.90 Å². The lowest BCUT2D eigenvalue weighted by atomic mass is 9.70. The molecule has 0 saturated carbocycles. The van der Waals surface area contributed by atoms with Gasteiger partial charge in [-0.1, -0.05) is 200 Å². The van der Waals surface area contributed by atoms with E-state index in [4.69, 9.17) is 9.97 Å². The first-order valence-corrected chi connectivity index (χ1v) is 25.4. The highest BCUT2D eigenvalue weighted by Crippen LogP contribution is 2.65. The van der Waals surface area contributed by atoms with Gasteiger partial charge in [-0.3, -0.25) is 4.57 Å². The van der Waals surface area contributed by atoms with Crippen molar-refractivity contribution in [2.75, 3.05) is 4.90 Å². The third-order valence-corrected chi connectivity index (χ3v) is 15.9. The maximum Gasteiger partial charge on any atom is 0.235 e. The summed E-state index contributed by atoms with van der Waals surface area (Å²) in [5, 5.41) is 5.64. The van der Waals surface area contributed by atoms with Crippen LogP contribution in [0.25, 0.3) is 99.7 Å². The minimum absolute atomic E-state index is 0.517. The van der Waals surface area contributed by atoms with Gasteiger partial charge in [0.15, 0.2) is 0 Å². The van der Waals surface area contributed by atoms with Crippen molar-refractivity contribution < 1.29 is 0 Å². The zero-order valence-electron chi connectivity index (χ0n) is 40.1. The maximum absolute atomic E-state index is 5.50. The Morgan fingerprint density at radius 3 is 1.65 bits per heavy atom. The van der Waals surface area contributed by atoms with E-state index in [0.29, 0.717) is 5.95 Å². The van der Waals surface area contributed by atoms with E-state index in [9.17, 15) is 0 Å². The van der Waals surface area contributed by atoms with Gasteiger partial charge in [-0.15, -0.1) is 0 Å². The predicted octanol–water partition coefficient (Wildman–Crippen LogP) is 17.3. The fraction of sp³-hybridized carbons (Fsp3) is 0.0145. The highest BCUT2D eigenvalue weighted by molar-refractivity contribution is 6.18. The second kappa shape index (κ2) is 15.6. The van der Waals surface area contributed by atoms with Gasteiger partial charge in [0.05, 0.1) is 50.1 Å². The molecule has 16 rings (SSSR count). The van der Waals surface area contributed by atoms with Crippen molar-refractivity contribution in [2.24, 2.45) is 0 Å². The van der Waals surface area contributed by atoms with Crippen LogP contribution in [0.4, 0.5) is 17.1 Å². The Morgan fingerprint density at radius 2 is 0.892 bits per heavy atom. The molecular weight excluding hydrogens is 899 g/mol. The normalized spacial score (nSPS) is 13.0. The highest BCUT2D eigenvalue weighted by atomic mass is 15.2. The summed E-state index contributed by atoms with van der Waals surface area (Å²) >= 11 is 0. The van der Waals surface area contributed by atoms with Crippen LogP contribution in [0.15, 0.2) is 261 Å². The van der Waals surface area contributed by atoms with Crippen LogP contribution in [0.2, 0.25) is 0 Å². The molecule has 11 aromatic carbocycles. The molecule has 3 aromatic heterocycles. The van der Waals surface area contributed by atoms with Crippen molar-refractivity contribution in [3.05, 3.63) is 283 Å². The molecule has 0 bridgehead atoms. The van der Waals surface area contributed by atoms with Crippen molar-refractivity contribution in [1.29, 1.82) is 0 Å². The number of anilines is 3. The largest absolute Gasteiger partial charge is 0.309 e. The molecule has 0 radical (unpaired) electrons. The zero-order valence-corrected chi connectivity index (χ0v) is 40.1. The first-order valence-electron chi connectivity index (χ1n) is 25.4. The summed E-state index contributed by atoms with van der Waals surface area (Å²) in [4.78, 5) is 13.4.